The molecule has 0 saturated carbocycles. The molecule has 0 radical (unpaired) electrons. The van der Waals surface area contributed by atoms with E-state index in [4.69, 9.17) is 0 Å². The van der Waals surface area contributed by atoms with Gasteiger partial charge in [-0.2, -0.15) is 0 Å². The van der Waals surface area contributed by atoms with Gasteiger partial charge >= 0.3 is 0 Å². The van der Waals surface area contributed by atoms with Crippen LogP contribution >= 0.6 is 11.3 Å². The van der Waals surface area contributed by atoms with Gasteiger partial charge in [0, 0.05) is 23.3 Å². The Morgan fingerprint density at radius 3 is 2.78 bits per heavy atom. The summed E-state index contributed by atoms with van der Waals surface area (Å²) in [6.07, 6.45) is 0. The van der Waals surface area contributed by atoms with E-state index >= 15 is 0 Å². The Morgan fingerprint density at radius 2 is 2.11 bits per heavy atom. The van der Waals surface area contributed by atoms with Gasteiger partial charge in [-0.3, -0.25) is 4.79 Å². The number of carbonyl (C=O) groups is 1. The van der Waals surface area contributed by atoms with E-state index < -0.39 is 0 Å². The first-order valence-electron chi connectivity index (χ1n) is 5.70. The van der Waals surface area contributed by atoms with Gasteiger partial charge in [-0.15, -0.1) is 11.3 Å². The number of benzene rings is 1. The van der Waals surface area contributed by atoms with Gasteiger partial charge in [-0.1, -0.05) is 18.2 Å². The van der Waals surface area contributed by atoms with Crippen LogP contribution in [0.2, 0.25) is 0 Å². The summed E-state index contributed by atoms with van der Waals surface area (Å²) in [5.74, 6) is -0.0468. The number of amides is 1. The molecule has 0 fully saturated rings. The minimum atomic E-state index is -0.0468. The van der Waals surface area contributed by atoms with Crippen LogP contribution in [-0.2, 0) is 11.3 Å². The number of hydrogen-bond donors (Lipinski definition) is 2. The fourth-order valence-electron chi connectivity index (χ4n) is 1.49. The number of nitrogens with one attached hydrogen (secondary N) is 2. The van der Waals surface area contributed by atoms with Crippen molar-refractivity contribution >= 4 is 22.9 Å². The number of rotatable bonds is 5. The first-order valence-corrected chi connectivity index (χ1v) is 6.58. The maximum atomic E-state index is 11.6. The van der Waals surface area contributed by atoms with Gasteiger partial charge in [-0.25, -0.2) is 4.98 Å². The lowest BCUT2D eigenvalue weighted by Gasteiger charge is -2.05. The smallest absolute Gasteiger partial charge is 0.238 e. The third-order valence-electron chi connectivity index (χ3n) is 2.29. The lowest BCUT2D eigenvalue weighted by molar-refractivity contribution is -0.115. The quantitative estimate of drug-likeness (QED) is 0.867. The second-order valence-electron chi connectivity index (χ2n) is 3.90. The molecule has 2 N–H and O–H groups in total. The van der Waals surface area contributed by atoms with Crippen molar-refractivity contribution in [1.82, 2.24) is 10.3 Å². The topological polar surface area (TPSA) is 54.0 Å². The summed E-state index contributed by atoms with van der Waals surface area (Å²) in [5, 5.41) is 8.89. The Hall–Kier alpha value is -1.72. The normalized spacial score (nSPS) is 10.3. The summed E-state index contributed by atoms with van der Waals surface area (Å²) < 4.78 is 0. The molecule has 2 aromatic rings. The zero-order valence-electron chi connectivity index (χ0n) is 10.1. The molecule has 1 aromatic carbocycles. The third-order valence-corrected chi connectivity index (χ3v) is 3.25. The van der Waals surface area contributed by atoms with Crippen molar-refractivity contribution in [3.8, 4) is 0 Å². The van der Waals surface area contributed by atoms with Crippen LogP contribution < -0.4 is 10.6 Å². The highest BCUT2D eigenvalue weighted by Crippen LogP contribution is 2.08. The van der Waals surface area contributed by atoms with E-state index in [1.54, 1.807) is 11.3 Å². The SMILES string of the molecule is Cc1csc(CNCC(=O)Nc2ccccc2)n1. The van der Waals surface area contributed by atoms with E-state index in [0.717, 1.165) is 16.4 Å². The number of hydrogen-bond acceptors (Lipinski definition) is 4. The Bertz CT molecular complexity index is 510. The first-order chi connectivity index (χ1) is 8.74. The van der Waals surface area contributed by atoms with Crippen LogP contribution in [0.1, 0.15) is 10.7 Å². The van der Waals surface area contributed by atoms with Crippen molar-refractivity contribution in [2.75, 3.05) is 11.9 Å². The summed E-state index contributed by atoms with van der Waals surface area (Å²) in [4.78, 5) is 15.9. The van der Waals surface area contributed by atoms with Crippen molar-refractivity contribution in [3.05, 3.63) is 46.4 Å². The van der Waals surface area contributed by atoms with Gasteiger partial charge in [0.2, 0.25) is 5.91 Å². The predicted molar refractivity (Wildman–Crippen MR) is 73.6 cm³/mol. The molecule has 1 heterocycles. The molecule has 2 rings (SSSR count). The molecule has 0 aliphatic rings. The number of anilines is 1. The number of aromatic nitrogens is 1. The van der Waals surface area contributed by atoms with Crippen molar-refractivity contribution < 1.29 is 4.79 Å². The average Bonchev–Trinajstić information content (AvgIpc) is 2.76. The molecule has 0 aliphatic carbocycles. The van der Waals surface area contributed by atoms with E-state index in [2.05, 4.69) is 15.6 Å². The van der Waals surface area contributed by atoms with E-state index in [9.17, 15) is 4.79 Å². The highest BCUT2D eigenvalue weighted by molar-refractivity contribution is 7.09. The first kappa shape index (κ1) is 12.7. The molecule has 18 heavy (non-hydrogen) atoms. The number of carbonyl (C=O) groups excluding carboxylic acids is 1. The molecule has 94 valence electrons. The zero-order chi connectivity index (χ0) is 12.8. The maximum absolute atomic E-state index is 11.6. The van der Waals surface area contributed by atoms with E-state index in [1.807, 2.05) is 42.6 Å². The van der Waals surface area contributed by atoms with E-state index in [0.29, 0.717) is 6.54 Å². The highest BCUT2D eigenvalue weighted by Gasteiger charge is 2.02. The van der Waals surface area contributed by atoms with Gasteiger partial charge in [0.05, 0.1) is 6.54 Å². The molecule has 0 saturated heterocycles. The van der Waals surface area contributed by atoms with Gasteiger partial charge in [0.15, 0.2) is 0 Å². The predicted octanol–water partition coefficient (Wildman–Crippen LogP) is 2.18. The minimum Gasteiger partial charge on any atom is -0.325 e. The van der Waals surface area contributed by atoms with Crippen LogP contribution in [0.15, 0.2) is 35.7 Å². The fraction of sp³-hybridized carbons (Fsp3) is 0.231. The van der Waals surface area contributed by atoms with Crippen LogP contribution in [-0.4, -0.2) is 17.4 Å². The van der Waals surface area contributed by atoms with Crippen LogP contribution in [0.4, 0.5) is 5.69 Å². The van der Waals surface area contributed by atoms with Crippen LogP contribution in [0.25, 0.3) is 0 Å². The van der Waals surface area contributed by atoms with Crippen molar-refractivity contribution in [1.29, 1.82) is 0 Å². The van der Waals surface area contributed by atoms with Gasteiger partial charge < -0.3 is 10.6 Å². The monoisotopic (exact) mass is 261 g/mol. The molecule has 0 aliphatic heterocycles. The lowest BCUT2D eigenvalue weighted by atomic mass is 10.3. The van der Waals surface area contributed by atoms with Gasteiger partial charge in [0.1, 0.15) is 5.01 Å². The number of nitrogens with zero attached hydrogens (tertiary/aromatic N) is 1. The van der Waals surface area contributed by atoms with Crippen molar-refractivity contribution in [2.24, 2.45) is 0 Å². The van der Waals surface area contributed by atoms with Gasteiger partial charge in [-0.05, 0) is 19.1 Å². The Labute approximate surface area is 110 Å². The second-order valence-corrected chi connectivity index (χ2v) is 4.84. The molecule has 0 spiro atoms. The highest BCUT2D eigenvalue weighted by atomic mass is 32.1. The van der Waals surface area contributed by atoms with Crippen LogP contribution in [0, 0.1) is 6.92 Å². The number of para-hydroxylation sites is 1. The Kier molecular flexibility index (Phi) is 4.44. The molecular formula is C13H15N3OS. The number of aryl methyl sites for hydroxylation is 1. The summed E-state index contributed by atoms with van der Waals surface area (Å²) >= 11 is 1.60. The zero-order valence-corrected chi connectivity index (χ0v) is 11.0. The molecule has 0 atom stereocenters. The summed E-state index contributed by atoms with van der Waals surface area (Å²) in [5.41, 5.74) is 1.83. The minimum absolute atomic E-state index is 0.0468. The average molecular weight is 261 g/mol. The summed E-state index contributed by atoms with van der Waals surface area (Å²) in [6.45, 7) is 2.87. The standard InChI is InChI=1S/C13H15N3OS/c1-10-9-18-13(15-10)8-14-7-12(17)16-11-5-3-2-4-6-11/h2-6,9,14H,7-8H2,1H3,(H,16,17). The van der Waals surface area contributed by atoms with Crippen molar-refractivity contribution in [2.45, 2.75) is 13.5 Å². The molecule has 5 heteroatoms. The van der Waals surface area contributed by atoms with Crippen molar-refractivity contribution in [3.63, 3.8) is 0 Å². The van der Waals surface area contributed by atoms with Gasteiger partial charge in [0.25, 0.3) is 0 Å². The van der Waals surface area contributed by atoms with Crippen LogP contribution in [0.5, 0.6) is 0 Å². The largest absolute Gasteiger partial charge is 0.325 e. The van der Waals surface area contributed by atoms with E-state index in [-0.39, 0.29) is 12.5 Å². The summed E-state index contributed by atoms with van der Waals surface area (Å²) in [7, 11) is 0. The second kappa shape index (κ2) is 6.28. The molecule has 1 aromatic heterocycles. The molecule has 0 unspecified atom stereocenters. The molecule has 4 nitrogen and oxygen atoms in total. The Morgan fingerprint density at radius 1 is 1.33 bits per heavy atom. The molecular weight excluding hydrogens is 246 g/mol. The van der Waals surface area contributed by atoms with E-state index in [1.165, 1.54) is 0 Å². The fourth-order valence-corrected chi connectivity index (χ4v) is 2.23. The maximum Gasteiger partial charge on any atom is 0.238 e. The third kappa shape index (κ3) is 3.94. The molecule has 1 amide bonds. The van der Waals surface area contributed by atoms with Crippen LogP contribution in [0.3, 0.4) is 0 Å². The Balaban J connectivity index is 1.72. The summed E-state index contributed by atoms with van der Waals surface area (Å²) in [6, 6.07) is 9.42. The number of thiazole rings is 1. The lowest BCUT2D eigenvalue weighted by Crippen LogP contribution is -2.27. The molecule has 0 bridgehead atoms.